The average Bonchev–Trinajstić information content (AvgIpc) is 3.37. The summed E-state index contributed by atoms with van der Waals surface area (Å²) in [5, 5.41) is 21.9. The number of nitriles is 1. The molecule has 0 aliphatic carbocycles. The lowest BCUT2D eigenvalue weighted by molar-refractivity contribution is -0.122. The first-order valence-electron chi connectivity index (χ1n) is 9.97. The Hall–Kier alpha value is -2.78. The minimum atomic E-state index is -0.670. The number of Topliss-reactive ketones (excluding diaryl/α,β-unsaturated/α-hetero) is 1. The van der Waals surface area contributed by atoms with Gasteiger partial charge in [0.15, 0.2) is 5.78 Å². The summed E-state index contributed by atoms with van der Waals surface area (Å²) in [5.74, 6) is -1.11. The number of hydrogen-bond acceptors (Lipinski definition) is 9. The fourth-order valence-electron chi connectivity index (χ4n) is 3.39. The van der Waals surface area contributed by atoms with Crippen molar-refractivity contribution in [3.8, 4) is 11.9 Å². The third-order valence-electron chi connectivity index (χ3n) is 5.07. The fraction of sp³-hybridized carbons (Fsp3) is 0.318. The predicted octanol–water partition coefficient (Wildman–Crippen LogP) is 3.31. The third-order valence-corrected chi connectivity index (χ3v) is 7.27. The van der Waals surface area contributed by atoms with Crippen LogP contribution >= 0.6 is 35.3 Å². The van der Waals surface area contributed by atoms with Crippen LogP contribution in [0.4, 0.5) is 0 Å². The Morgan fingerprint density at radius 1 is 1.36 bits per heavy atom. The van der Waals surface area contributed by atoms with Crippen molar-refractivity contribution < 1.29 is 19.4 Å². The van der Waals surface area contributed by atoms with Gasteiger partial charge in [-0.25, -0.2) is 0 Å². The molecule has 33 heavy (non-hydrogen) atoms. The lowest BCUT2D eigenvalue weighted by Gasteiger charge is -2.16. The molecule has 0 unspecified atom stereocenters. The number of thiophene rings is 1. The molecule has 1 aliphatic rings. The van der Waals surface area contributed by atoms with Gasteiger partial charge >= 0.3 is 0 Å². The van der Waals surface area contributed by atoms with Gasteiger partial charge in [-0.3, -0.25) is 23.9 Å². The Kier molecular flexibility index (Phi) is 8.20. The van der Waals surface area contributed by atoms with E-state index in [1.807, 2.05) is 23.6 Å². The molecule has 1 aliphatic heterocycles. The van der Waals surface area contributed by atoms with Crippen LogP contribution in [-0.4, -0.2) is 50.8 Å². The molecule has 1 fully saturated rings. The van der Waals surface area contributed by atoms with Gasteiger partial charge in [-0.05, 0) is 36.4 Å². The normalized spacial score (nSPS) is 14.8. The van der Waals surface area contributed by atoms with Crippen molar-refractivity contribution in [1.82, 2.24) is 9.47 Å². The van der Waals surface area contributed by atoms with Gasteiger partial charge in [0.25, 0.3) is 11.5 Å². The molecule has 1 N–H and O–H groups in total. The van der Waals surface area contributed by atoms with Crippen LogP contribution in [0.1, 0.15) is 39.2 Å². The van der Waals surface area contributed by atoms with Gasteiger partial charge in [-0.15, -0.1) is 11.3 Å². The zero-order chi connectivity index (χ0) is 24.1. The summed E-state index contributed by atoms with van der Waals surface area (Å²) in [6.45, 7) is 1.84. The van der Waals surface area contributed by atoms with Crippen LogP contribution in [0, 0.1) is 18.3 Å². The summed E-state index contributed by atoms with van der Waals surface area (Å²) >= 11 is 8.07. The lowest BCUT2D eigenvalue weighted by Crippen LogP contribution is -2.30. The van der Waals surface area contributed by atoms with E-state index in [0.717, 1.165) is 9.44 Å². The van der Waals surface area contributed by atoms with Crippen LogP contribution in [0.3, 0.4) is 0 Å². The van der Waals surface area contributed by atoms with E-state index >= 15 is 0 Å². The molecule has 2 aromatic heterocycles. The first-order chi connectivity index (χ1) is 15.8. The number of methoxy groups -OCH3 is 1. The molecular formula is C22H21N3O5S3. The molecule has 172 valence electrons. The van der Waals surface area contributed by atoms with Crippen LogP contribution in [0.5, 0.6) is 5.88 Å². The molecule has 1 amide bonds. The summed E-state index contributed by atoms with van der Waals surface area (Å²) in [6, 6.07) is 5.63. The predicted molar refractivity (Wildman–Crippen MR) is 131 cm³/mol. The first kappa shape index (κ1) is 24.9. The molecule has 0 atom stereocenters. The standard InChI is InChI=1S/C22H21N3O5S3/c1-13-15(12-23)19(27)24(8-9-30-2)21(29)18(13)16(26)6-3-7-25-20(28)17(33-22(25)31)11-14-5-4-10-32-14/h4-5,10-11,29H,3,6-9H2,1-2H3/b17-11-. The molecule has 0 saturated carbocycles. The van der Waals surface area contributed by atoms with E-state index in [1.54, 1.807) is 6.08 Å². The maximum Gasteiger partial charge on any atom is 0.271 e. The van der Waals surface area contributed by atoms with Gasteiger partial charge in [0, 0.05) is 25.0 Å². The number of rotatable bonds is 9. The summed E-state index contributed by atoms with van der Waals surface area (Å²) in [7, 11) is 1.44. The zero-order valence-corrected chi connectivity index (χ0v) is 20.4. The number of nitrogens with zero attached hydrogens (tertiary/aromatic N) is 3. The highest BCUT2D eigenvalue weighted by molar-refractivity contribution is 8.26. The van der Waals surface area contributed by atoms with Crippen molar-refractivity contribution in [3.63, 3.8) is 0 Å². The Morgan fingerprint density at radius 2 is 2.12 bits per heavy atom. The molecule has 0 spiro atoms. The summed E-state index contributed by atoms with van der Waals surface area (Å²) < 4.78 is 6.35. The van der Waals surface area contributed by atoms with E-state index < -0.39 is 17.2 Å². The van der Waals surface area contributed by atoms with Gasteiger partial charge < -0.3 is 9.84 Å². The van der Waals surface area contributed by atoms with Gasteiger partial charge in [0.2, 0.25) is 5.88 Å². The lowest BCUT2D eigenvalue weighted by atomic mass is 9.99. The SMILES string of the molecule is COCCn1c(O)c(C(=O)CCCN2C(=O)/C(=C/c3cccs3)SC2=S)c(C)c(C#N)c1=O. The number of aromatic hydroxyl groups is 1. The highest BCUT2D eigenvalue weighted by Gasteiger charge is 2.32. The minimum absolute atomic E-state index is 0.00276. The largest absolute Gasteiger partial charge is 0.494 e. The van der Waals surface area contributed by atoms with Crippen molar-refractivity contribution >= 4 is 57.4 Å². The number of thioether (sulfide) groups is 1. The monoisotopic (exact) mass is 503 g/mol. The average molecular weight is 504 g/mol. The molecule has 1 saturated heterocycles. The van der Waals surface area contributed by atoms with E-state index in [4.69, 9.17) is 17.0 Å². The second-order valence-corrected chi connectivity index (χ2v) is 9.79. The minimum Gasteiger partial charge on any atom is -0.494 e. The second-order valence-electron chi connectivity index (χ2n) is 7.14. The molecule has 2 aromatic rings. The summed E-state index contributed by atoms with van der Waals surface area (Å²) in [4.78, 5) is 41.1. The number of pyridine rings is 1. The van der Waals surface area contributed by atoms with Crippen molar-refractivity contribution in [2.75, 3.05) is 20.3 Å². The highest BCUT2D eigenvalue weighted by atomic mass is 32.2. The maximum absolute atomic E-state index is 12.9. The number of ether oxygens (including phenoxy) is 1. The maximum atomic E-state index is 12.9. The number of amides is 1. The Morgan fingerprint density at radius 3 is 2.76 bits per heavy atom. The molecule has 11 heteroatoms. The quantitative estimate of drug-likeness (QED) is 0.315. The Labute approximate surface area is 204 Å². The number of ketones is 1. The first-order valence-corrected chi connectivity index (χ1v) is 12.1. The summed E-state index contributed by atoms with van der Waals surface area (Å²) in [5.41, 5.74) is -0.785. The summed E-state index contributed by atoms with van der Waals surface area (Å²) in [6.07, 6.45) is 2.10. The smallest absolute Gasteiger partial charge is 0.271 e. The van der Waals surface area contributed by atoms with Gasteiger partial charge in [0.05, 0.1) is 23.6 Å². The second kappa shape index (κ2) is 10.9. The number of hydrogen-bond donors (Lipinski definition) is 1. The topological polar surface area (TPSA) is 113 Å². The molecule has 0 bridgehead atoms. The van der Waals surface area contributed by atoms with E-state index in [1.165, 1.54) is 42.0 Å². The van der Waals surface area contributed by atoms with Crippen LogP contribution in [0.2, 0.25) is 0 Å². The number of carbonyl (C=O) groups is 2. The molecule has 8 nitrogen and oxygen atoms in total. The van der Waals surface area contributed by atoms with E-state index in [9.17, 15) is 24.8 Å². The molecular weight excluding hydrogens is 482 g/mol. The van der Waals surface area contributed by atoms with E-state index in [0.29, 0.717) is 15.6 Å². The van der Waals surface area contributed by atoms with Crippen LogP contribution in [0.15, 0.2) is 27.2 Å². The van der Waals surface area contributed by atoms with Crippen molar-refractivity contribution in [3.05, 3.63) is 54.3 Å². The molecule has 3 heterocycles. The van der Waals surface area contributed by atoms with Gasteiger partial charge in [0.1, 0.15) is 16.0 Å². The molecule has 3 rings (SSSR count). The number of carbonyl (C=O) groups excluding carboxylic acids is 2. The number of thiocarbonyl (C=S) groups is 1. The third kappa shape index (κ3) is 5.25. The highest BCUT2D eigenvalue weighted by Crippen LogP contribution is 2.33. The van der Waals surface area contributed by atoms with Crippen molar-refractivity contribution in [2.45, 2.75) is 26.3 Å². The Bertz CT molecular complexity index is 1230. The fourth-order valence-corrected chi connectivity index (χ4v) is 5.42. The molecule has 0 aromatic carbocycles. The van der Waals surface area contributed by atoms with E-state index in [2.05, 4.69) is 0 Å². The van der Waals surface area contributed by atoms with Crippen LogP contribution in [0.25, 0.3) is 6.08 Å². The van der Waals surface area contributed by atoms with Crippen LogP contribution < -0.4 is 5.56 Å². The van der Waals surface area contributed by atoms with Gasteiger partial charge in [-0.2, -0.15) is 5.26 Å². The Balaban J connectivity index is 1.74. The van der Waals surface area contributed by atoms with Crippen molar-refractivity contribution in [2.24, 2.45) is 0 Å². The van der Waals surface area contributed by atoms with Crippen molar-refractivity contribution in [1.29, 1.82) is 5.26 Å². The van der Waals surface area contributed by atoms with Gasteiger partial charge in [-0.1, -0.05) is 30.0 Å². The zero-order valence-electron chi connectivity index (χ0n) is 18.0. The van der Waals surface area contributed by atoms with Crippen LogP contribution in [-0.2, 0) is 16.1 Å². The van der Waals surface area contributed by atoms with E-state index in [-0.39, 0.29) is 48.7 Å². The number of aromatic nitrogens is 1. The molecule has 0 radical (unpaired) electrons.